The van der Waals surface area contributed by atoms with E-state index in [1.54, 1.807) is 0 Å². The maximum absolute atomic E-state index is 6.26. The highest BCUT2D eigenvalue weighted by atomic mass is 79.9. The van der Waals surface area contributed by atoms with Crippen molar-refractivity contribution >= 4 is 27.5 Å². The lowest BCUT2D eigenvalue weighted by molar-refractivity contribution is 0.721. The predicted octanol–water partition coefficient (Wildman–Crippen LogP) is 4.91. The van der Waals surface area contributed by atoms with Gasteiger partial charge in [-0.1, -0.05) is 58.7 Å². The Hall–Kier alpha value is -0.830. The zero-order chi connectivity index (χ0) is 13.8. The number of benzene rings is 2. The molecule has 0 heterocycles. The molecule has 0 aliphatic carbocycles. The molecular formula is C16H17BrClN. The molecule has 0 spiro atoms. The molecule has 0 saturated heterocycles. The molecule has 0 aliphatic heterocycles. The smallest absolute Gasteiger partial charge is 0.0420 e. The van der Waals surface area contributed by atoms with Crippen molar-refractivity contribution in [1.82, 2.24) is 0 Å². The molecule has 0 aliphatic rings. The lowest BCUT2D eigenvalue weighted by Gasteiger charge is -2.13. The molecule has 0 amide bonds. The summed E-state index contributed by atoms with van der Waals surface area (Å²) in [4.78, 5) is 0. The van der Waals surface area contributed by atoms with Crippen LogP contribution in [-0.2, 0) is 12.8 Å². The zero-order valence-corrected chi connectivity index (χ0v) is 13.2. The van der Waals surface area contributed by atoms with E-state index in [0.717, 1.165) is 22.9 Å². The fourth-order valence-electron chi connectivity index (χ4n) is 2.07. The third-order valence-electron chi connectivity index (χ3n) is 3.20. The van der Waals surface area contributed by atoms with Gasteiger partial charge in [0.1, 0.15) is 0 Å². The van der Waals surface area contributed by atoms with Crippen LogP contribution < -0.4 is 5.73 Å². The molecular weight excluding hydrogens is 322 g/mol. The van der Waals surface area contributed by atoms with E-state index in [4.69, 9.17) is 17.3 Å². The normalized spacial score (nSPS) is 12.4. The van der Waals surface area contributed by atoms with Crippen molar-refractivity contribution < 1.29 is 0 Å². The van der Waals surface area contributed by atoms with Crippen molar-refractivity contribution in [1.29, 1.82) is 0 Å². The van der Waals surface area contributed by atoms with Gasteiger partial charge in [-0.05, 0) is 47.7 Å². The fourth-order valence-corrected chi connectivity index (χ4v) is 2.96. The van der Waals surface area contributed by atoms with Gasteiger partial charge in [-0.2, -0.15) is 0 Å². The van der Waals surface area contributed by atoms with E-state index >= 15 is 0 Å². The second kappa shape index (κ2) is 6.56. The average Bonchev–Trinajstić information content (AvgIpc) is 2.38. The van der Waals surface area contributed by atoms with Crippen LogP contribution in [0.2, 0.25) is 5.02 Å². The molecule has 0 radical (unpaired) electrons. The van der Waals surface area contributed by atoms with Crippen LogP contribution in [0.5, 0.6) is 0 Å². The van der Waals surface area contributed by atoms with E-state index in [-0.39, 0.29) is 6.04 Å². The minimum Gasteiger partial charge on any atom is -0.324 e. The Morgan fingerprint density at radius 1 is 1.11 bits per heavy atom. The largest absolute Gasteiger partial charge is 0.324 e. The first kappa shape index (κ1) is 14.6. The first-order valence-corrected chi connectivity index (χ1v) is 7.55. The SMILES string of the molecule is CCc1ccc(CC(N)c2cc(Cl)cc(Br)c2)cc1. The molecule has 19 heavy (non-hydrogen) atoms. The Labute approximate surface area is 127 Å². The minimum atomic E-state index is -0.0394. The zero-order valence-electron chi connectivity index (χ0n) is 10.9. The standard InChI is InChI=1S/C16H17BrClN/c1-2-11-3-5-12(6-4-11)7-16(19)13-8-14(17)10-15(18)9-13/h3-6,8-10,16H,2,7,19H2,1H3. The van der Waals surface area contributed by atoms with Crippen LogP contribution in [0.15, 0.2) is 46.9 Å². The van der Waals surface area contributed by atoms with E-state index < -0.39 is 0 Å². The van der Waals surface area contributed by atoms with Crippen molar-refractivity contribution in [3.8, 4) is 0 Å². The fraction of sp³-hybridized carbons (Fsp3) is 0.250. The summed E-state index contributed by atoms with van der Waals surface area (Å²) >= 11 is 9.50. The third-order valence-corrected chi connectivity index (χ3v) is 3.88. The summed E-state index contributed by atoms with van der Waals surface area (Å²) in [5.74, 6) is 0. The lowest BCUT2D eigenvalue weighted by Crippen LogP contribution is -2.13. The Bertz CT molecular complexity index is 531. The van der Waals surface area contributed by atoms with Gasteiger partial charge in [0.05, 0.1) is 0 Å². The molecule has 2 aromatic carbocycles. The molecule has 2 aromatic rings. The van der Waals surface area contributed by atoms with Crippen LogP contribution >= 0.6 is 27.5 Å². The summed E-state index contributed by atoms with van der Waals surface area (Å²) in [6.07, 6.45) is 1.88. The van der Waals surface area contributed by atoms with Crippen LogP contribution in [0.25, 0.3) is 0 Å². The first-order chi connectivity index (χ1) is 9.08. The number of aryl methyl sites for hydroxylation is 1. The summed E-state index contributed by atoms with van der Waals surface area (Å²) in [7, 11) is 0. The second-order valence-electron chi connectivity index (χ2n) is 4.68. The van der Waals surface area contributed by atoms with Gasteiger partial charge in [-0.3, -0.25) is 0 Å². The molecule has 0 bridgehead atoms. The number of hydrogen-bond donors (Lipinski definition) is 1. The van der Waals surface area contributed by atoms with Crippen molar-refractivity contribution in [2.75, 3.05) is 0 Å². The van der Waals surface area contributed by atoms with Gasteiger partial charge >= 0.3 is 0 Å². The quantitative estimate of drug-likeness (QED) is 0.842. The summed E-state index contributed by atoms with van der Waals surface area (Å²) in [5.41, 5.74) is 9.91. The highest BCUT2D eigenvalue weighted by Gasteiger charge is 2.09. The molecule has 1 nitrogen and oxygen atoms in total. The van der Waals surface area contributed by atoms with Crippen LogP contribution in [0.1, 0.15) is 29.7 Å². The van der Waals surface area contributed by atoms with Gasteiger partial charge in [-0.25, -0.2) is 0 Å². The van der Waals surface area contributed by atoms with Gasteiger partial charge in [0.15, 0.2) is 0 Å². The van der Waals surface area contributed by atoms with Gasteiger partial charge < -0.3 is 5.73 Å². The molecule has 100 valence electrons. The average molecular weight is 339 g/mol. The second-order valence-corrected chi connectivity index (χ2v) is 6.04. The lowest BCUT2D eigenvalue weighted by atomic mass is 9.99. The summed E-state index contributed by atoms with van der Waals surface area (Å²) in [6, 6.07) is 14.4. The molecule has 0 fully saturated rings. The van der Waals surface area contributed by atoms with Crippen molar-refractivity contribution in [2.24, 2.45) is 5.73 Å². The van der Waals surface area contributed by atoms with E-state index in [1.165, 1.54) is 11.1 Å². The Kier molecular flexibility index (Phi) is 5.03. The van der Waals surface area contributed by atoms with E-state index in [9.17, 15) is 0 Å². The summed E-state index contributed by atoms with van der Waals surface area (Å²) in [5, 5.41) is 0.709. The maximum atomic E-state index is 6.26. The van der Waals surface area contributed by atoms with E-state index in [0.29, 0.717) is 5.02 Å². The molecule has 1 atom stereocenters. The van der Waals surface area contributed by atoms with Crippen LogP contribution in [0.4, 0.5) is 0 Å². The molecule has 3 heteroatoms. The molecule has 0 aromatic heterocycles. The van der Waals surface area contributed by atoms with Gasteiger partial charge in [0, 0.05) is 15.5 Å². The molecule has 1 unspecified atom stereocenters. The van der Waals surface area contributed by atoms with Crippen molar-refractivity contribution in [3.63, 3.8) is 0 Å². The Morgan fingerprint density at radius 2 is 1.74 bits per heavy atom. The van der Waals surface area contributed by atoms with Crippen molar-refractivity contribution in [3.05, 3.63) is 68.7 Å². The van der Waals surface area contributed by atoms with Crippen LogP contribution in [-0.4, -0.2) is 0 Å². The third kappa shape index (κ3) is 4.07. The highest BCUT2D eigenvalue weighted by Crippen LogP contribution is 2.24. The van der Waals surface area contributed by atoms with Crippen LogP contribution in [0, 0.1) is 0 Å². The minimum absolute atomic E-state index is 0.0394. The topological polar surface area (TPSA) is 26.0 Å². The van der Waals surface area contributed by atoms with Gasteiger partial charge in [0.2, 0.25) is 0 Å². The first-order valence-electron chi connectivity index (χ1n) is 6.38. The highest BCUT2D eigenvalue weighted by molar-refractivity contribution is 9.10. The predicted molar refractivity (Wildman–Crippen MR) is 85.6 cm³/mol. The molecule has 2 N–H and O–H groups in total. The Balaban J connectivity index is 2.13. The number of halogens is 2. The molecule has 0 saturated carbocycles. The van der Waals surface area contributed by atoms with E-state index in [1.807, 2.05) is 18.2 Å². The monoisotopic (exact) mass is 337 g/mol. The van der Waals surface area contributed by atoms with E-state index in [2.05, 4.69) is 47.1 Å². The summed E-state index contributed by atoms with van der Waals surface area (Å²) < 4.78 is 0.965. The van der Waals surface area contributed by atoms with Gasteiger partial charge in [0.25, 0.3) is 0 Å². The number of hydrogen-bond acceptors (Lipinski definition) is 1. The Morgan fingerprint density at radius 3 is 2.32 bits per heavy atom. The maximum Gasteiger partial charge on any atom is 0.0420 e. The number of nitrogens with two attached hydrogens (primary N) is 1. The number of rotatable bonds is 4. The van der Waals surface area contributed by atoms with Gasteiger partial charge in [-0.15, -0.1) is 0 Å². The van der Waals surface area contributed by atoms with Crippen molar-refractivity contribution in [2.45, 2.75) is 25.8 Å². The van der Waals surface area contributed by atoms with Crippen LogP contribution in [0.3, 0.4) is 0 Å². The molecule has 2 rings (SSSR count). The summed E-state index contributed by atoms with van der Waals surface area (Å²) in [6.45, 7) is 2.16.